The molecule has 0 amide bonds. The number of anilines is 1. The van der Waals surface area contributed by atoms with E-state index in [1.165, 1.54) is 12.8 Å². The molecule has 0 aliphatic carbocycles. The molecule has 1 aliphatic heterocycles. The van der Waals surface area contributed by atoms with Gasteiger partial charge in [-0.2, -0.15) is 5.10 Å². The Balaban J connectivity index is 2.13. The highest BCUT2D eigenvalue weighted by molar-refractivity contribution is 5.60. The van der Waals surface area contributed by atoms with Gasteiger partial charge in [-0.05, 0) is 32.9 Å². The van der Waals surface area contributed by atoms with E-state index in [4.69, 9.17) is 0 Å². The lowest BCUT2D eigenvalue weighted by molar-refractivity contribution is -0.384. The number of nitrogens with one attached hydrogen (secondary N) is 1. The first-order valence-corrected chi connectivity index (χ1v) is 7.61. The first-order valence-electron chi connectivity index (χ1n) is 7.61. The molecule has 1 aromatic heterocycles. The second-order valence-corrected chi connectivity index (χ2v) is 6.09. The summed E-state index contributed by atoms with van der Waals surface area (Å²) in [5.74, 6) is 0.540. The minimum Gasteiger partial charge on any atom is -0.363 e. The molecule has 0 bridgehead atoms. The van der Waals surface area contributed by atoms with Gasteiger partial charge in [-0.25, -0.2) is 4.68 Å². The van der Waals surface area contributed by atoms with Gasteiger partial charge in [0.25, 0.3) is 0 Å². The van der Waals surface area contributed by atoms with Crippen molar-refractivity contribution < 1.29 is 4.92 Å². The van der Waals surface area contributed by atoms with Gasteiger partial charge in [-0.15, -0.1) is 0 Å². The topological polar surface area (TPSA) is 76.2 Å². The molecule has 1 saturated heterocycles. The molecule has 2 rings (SSSR count). The van der Waals surface area contributed by atoms with Gasteiger partial charge < -0.3 is 5.32 Å². The van der Waals surface area contributed by atoms with Crippen LogP contribution in [-0.4, -0.2) is 45.3 Å². The minimum absolute atomic E-state index is 0.0307. The summed E-state index contributed by atoms with van der Waals surface area (Å²) in [6.07, 6.45) is 2.49. The molecule has 1 fully saturated rings. The first-order chi connectivity index (χ1) is 9.91. The van der Waals surface area contributed by atoms with Crippen LogP contribution < -0.4 is 5.32 Å². The van der Waals surface area contributed by atoms with E-state index < -0.39 is 0 Å². The van der Waals surface area contributed by atoms with Crippen LogP contribution in [0, 0.1) is 10.1 Å². The molecule has 7 heteroatoms. The van der Waals surface area contributed by atoms with E-state index in [-0.39, 0.29) is 16.5 Å². The van der Waals surface area contributed by atoms with E-state index in [2.05, 4.69) is 22.2 Å². The van der Waals surface area contributed by atoms with E-state index in [0.717, 1.165) is 13.1 Å². The average molecular weight is 295 g/mol. The minimum atomic E-state index is -0.328. The lowest BCUT2D eigenvalue weighted by Gasteiger charge is -2.24. The Labute approximate surface area is 125 Å². The Kier molecular flexibility index (Phi) is 4.82. The number of hydrogen-bond acceptors (Lipinski definition) is 5. The van der Waals surface area contributed by atoms with Crippen molar-refractivity contribution in [3.05, 3.63) is 15.8 Å². The lowest BCUT2D eigenvalue weighted by Crippen LogP contribution is -2.35. The molecule has 1 atom stereocenters. The number of aromatic nitrogens is 2. The van der Waals surface area contributed by atoms with Gasteiger partial charge in [0.05, 0.1) is 4.92 Å². The van der Waals surface area contributed by atoms with Crippen molar-refractivity contribution in [1.29, 1.82) is 0 Å². The van der Waals surface area contributed by atoms with Crippen molar-refractivity contribution >= 4 is 11.5 Å². The van der Waals surface area contributed by atoms with Crippen molar-refractivity contribution in [3.63, 3.8) is 0 Å². The van der Waals surface area contributed by atoms with Gasteiger partial charge in [-0.1, -0.05) is 13.8 Å². The molecule has 1 aliphatic rings. The maximum Gasteiger partial charge on any atom is 0.334 e. The van der Waals surface area contributed by atoms with Crippen LogP contribution in [0.15, 0.2) is 0 Å². The Morgan fingerprint density at radius 2 is 1.95 bits per heavy atom. The standard InChI is InChI=1S/C14H25N5O2/c1-10(2)12-13(19(20)21)14(17(4)16-12)15-9-11(3)18-7-5-6-8-18/h10-11,15H,5-9H2,1-4H3. The predicted octanol–water partition coefficient (Wildman–Crippen LogP) is 2.35. The second-order valence-electron chi connectivity index (χ2n) is 6.09. The molecule has 0 aromatic carbocycles. The van der Waals surface area contributed by atoms with Crippen LogP contribution in [-0.2, 0) is 7.05 Å². The van der Waals surface area contributed by atoms with E-state index >= 15 is 0 Å². The molecule has 1 unspecified atom stereocenters. The van der Waals surface area contributed by atoms with E-state index in [0.29, 0.717) is 24.1 Å². The molecule has 0 spiro atoms. The molecule has 1 N–H and O–H groups in total. The maximum absolute atomic E-state index is 11.4. The van der Waals surface area contributed by atoms with Gasteiger partial charge in [0.2, 0.25) is 5.82 Å². The Bertz CT molecular complexity index is 506. The third kappa shape index (κ3) is 3.34. The van der Waals surface area contributed by atoms with E-state index in [1.807, 2.05) is 13.8 Å². The third-order valence-electron chi connectivity index (χ3n) is 4.11. The zero-order valence-corrected chi connectivity index (χ0v) is 13.3. The normalized spacial score (nSPS) is 17.4. The highest BCUT2D eigenvalue weighted by Crippen LogP contribution is 2.32. The number of likely N-dealkylation sites (tertiary alicyclic amines) is 1. The fourth-order valence-corrected chi connectivity index (χ4v) is 2.86. The first kappa shape index (κ1) is 15.8. The number of aryl methyl sites for hydroxylation is 1. The van der Waals surface area contributed by atoms with Gasteiger partial charge in [0, 0.05) is 25.6 Å². The zero-order chi connectivity index (χ0) is 15.6. The Hall–Kier alpha value is -1.63. The molecule has 1 aromatic rings. The largest absolute Gasteiger partial charge is 0.363 e. The number of nitro groups is 1. The van der Waals surface area contributed by atoms with Crippen LogP contribution in [0.4, 0.5) is 11.5 Å². The number of rotatable bonds is 6. The average Bonchev–Trinajstić information content (AvgIpc) is 3.03. The third-order valence-corrected chi connectivity index (χ3v) is 4.11. The van der Waals surface area contributed by atoms with Crippen molar-refractivity contribution in [2.75, 3.05) is 25.0 Å². The van der Waals surface area contributed by atoms with Crippen molar-refractivity contribution in [3.8, 4) is 0 Å². The van der Waals surface area contributed by atoms with Crippen molar-refractivity contribution in [2.45, 2.75) is 45.6 Å². The monoisotopic (exact) mass is 295 g/mol. The van der Waals surface area contributed by atoms with E-state index in [1.54, 1.807) is 11.7 Å². The molecule has 118 valence electrons. The van der Waals surface area contributed by atoms with Crippen LogP contribution >= 0.6 is 0 Å². The van der Waals surface area contributed by atoms with Crippen molar-refractivity contribution in [1.82, 2.24) is 14.7 Å². The summed E-state index contributed by atoms with van der Waals surface area (Å²) < 4.78 is 1.59. The SMILES string of the molecule is CC(C)c1nn(C)c(NCC(C)N2CCCC2)c1[N+](=O)[O-]. The number of nitrogens with zero attached hydrogens (tertiary/aromatic N) is 4. The maximum atomic E-state index is 11.4. The summed E-state index contributed by atoms with van der Waals surface area (Å²) in [6.45, 7) is 8.93. The summed E-state index contributed by atoms with van der Waals surface area (Å²) in [7, 11) is 1.75. The van der Waals surface area contributed by atoms with Crippen LogP contribution in [0.1, 0.15) is 45.2 Å². The van der Waals surface area contributed by atoms with Gasteiger partial charge in [0.15, 0.2) is 0 Å². The summed E-state index contributed by atoms with van der Waals surface area (Å²) in [6, 6.07) is 0.365. The Morgan fingerprint density at radius 3 is 2.48 bits per heavy atom. The quantitative estimate of drug-likeness (QED) is 0.644. The summed E-state index contributed by atoms with van der Waals surface area (Å²) in [4.78, 5) is 13.5. The van der Waals surface area contributed by atoms with Crippen LogP contribution in [0.5, 0.6) is 0 Å². The van der Waals surface area contributed by atoms with E-state index in [9.17, 15) is 10.1 Å². The molecule has 21 heavy (non-hydrogen) atoms. The smallest absolute Gasteiger partial charge is 0.334 e. The van der Waals surface area contributed by atoms with Gasteiger partial charge in [0.1, 0.15) is 5.69 Å². The molecule has 2 heterocycles. The molecule has 0 saturated carbocycles. The lowest BCUT2D eigenvalue weighted by atomic mass is 10.1. The van der Waals surface area contributed by atoms with Crippen LogP contribution in [0.25, 0.3) is 0 Å². The number of hydrogen-bond donors (Lipinski definition) is 1. The summed E-state index contributed by atoms with van der Waals surface area (Å²) >= 11 is 0. The molecular formula is C14H25N5O2. The van der Waals surface area contributed by atoms with Crippen LogP contribution in [0.2, 0.25) is 0 Å². The summed E-state index contributed by atoms with van der Waals surface area (Å²) in [5.41, 5.74) is 0.653. The predicted molar refractivity (Wildman–Crippen MR) is 82.7 cm³/mol. The second kappa shape index (κ2) is 6.43. The van der Waals surface area contributed by atoms with Gasteiger partial charge >= 0.3 is 5.69 Å². The zero-order valence-electron chi connectivity index (χ0n) is 13.3. The van der Waals surface area contributed by atoms with Crippen molar-refractivity contribution in [2.24, 2.45) is 7.05 Å². The molecule has 0 radical (unpaired) electrons. The molecule has 7 nitrogen and oxygen atoms in total. The Morgan fingerprint density at radius 1 is 1.33 bits per heavy atom. The van der Waals surface area contributed by atoms with Crippen LogP contribution in [0.3, 0.4) is 0 Å². The highest BCUT2D eigenvalue weighted by Gasteiger charge is 2.29. The molecular weight excluding hydrogens is 270 g/mol. The summed E-state index contributed by atoms with van der Waals surface area (Å²) in [5, 5.41) is 18.9. The fraction of sp³-hybridized carbons (Fsp3) is 0.786. The van der Waals surface area contributed by atoms with Gasteiger partial charge in [-0.3, -0.25) is 15.0 Å². The highest BCUT2D eigenvalue weighted by atomic mass is 16.6. The fourth-order valence-electron chi connectivity index (χ4n) is 2.86.